The molecule has 0 aliphatic heterocycles. The highest BCUT2D eigenvalue weighted by Crippen LogP contribution is 2.17. The molecule has 0 amide bonds. The molecule has 1 aromatic carbocycles. The van der Waals surface area contributed by atoms with Crippen molar-refractivity contribution in [2.45, 2.75) is 27.2 Å². The molecule has 0 unspecified atom stereocenters. The molecule has 1 aromatic heterocycles. The van der Waals surface area contributed by atoms with Crippen LogP contribution in [0.1, 0.15) is 26.3 Å². The molecule has 0 aliphatic carbocycles. The van der Waals surface area contributed by atoms with Crippen LogP contribution >= 0.6 is 0 Å². The highest BCUT2D eigenvalue weighted by atomic mass is 14.9. The Bertz CT molecular complexity index is 468. The summed E-state index contributed by atoms with van der Waals surface area (Å²) in [6.07, 6.45) is 3.11. The van der Waals surface area contributed by atoms with E-state index in [1.54, 1.807) is 0 Å². The molecule has 1 heterocycles. The fourth-order valence-corrected chi connectivity index (χ4v) is 1.75. The van der Waals surface area contributed by atoms with Crippen LogP contribution in [0, 0.1) is 0 Å². The fraction of sp³-hybridized carbons (Fsp3) is 0.333. The van der Waals surface area contributed by atoms with Gasteiger partial charge in [-0.2, -0.15) is 0 Å². The van der Waals surface area contributed by atoms with E-state index < -0.39 is 0 Å². The SMILES string of the molecule is C=C(C)NCCc1c[nH]c2ccccc12.CC. The van der Waals surface area contributed by atoms with Crippen LogP contribution < -0.4 is 5.32 Å². The molecule has 17 heavy (non-hydrogen) atoms. The normalized spacial score (nSPS) is 9.59. The van der Waals surface area contributed by atoms with Crippen LogP contribution in [0.5, 0.6) is 0 Å². The zero-order valence-electron chi connectivity index (χ0n) is 11.0. The standard InChI is InChI=1S/C13H16N2.C2H6/c1-10(2)14-8-7-11-9-15-13-6-4-3-5-12(11)13;1-2/h3-6,9,14-15H,1,7-8H2,2H3;1-2H3. The number of hydrogen-bond acceptors (Lipinski definition) is 1. The minimum Gasteiger partial charge on any atom is -0.389 e. The van der Waals surface area contributed by atoms with Gasteiger partial charge in [-0.05, 0) is 25.0 Å². The van der Waals surface area contributed by atoms with E-state index in [2.05, 4.69) is 47.3 Å². The highest BCUT2D eigenvalue weighted by Gasteiger charge is 2.01. The van der Waals surface area contributed by atoms with Crippen LogP contribution in [0.2, 0.25) is 0 Å². The van der Waals surface area contributed by atoms with E-state index in [1.165, 1.54) is 16.5 Å². The van der Waals surface area contributed by atoms with Crippen LogP contribution in [0.15, 0.2) is 42.7 Å². The quantitative estimate of drug-likeness (QED) is 0.820. The van der Waals surface area contributed by atoms with Gasteiger partial charge in [0.25, 0.3) is 0 Å². The number of para-hydroxylation sites is 1. The second-order valence-corrected chi connectivity index (χ2v) is 3.82. The zero-order chi connectivity index (χ0) is 12.7. The van der Waals surface area contributed by atoms with Crippen LogP contribution in [0.3, 0.4) is 0 Å². The van der Waals surface area contributed by atoms with E-state index in [1.807, 2.05) is 20.8 Å². The highest BCUT2D eigenvalue weighted by molar-refractivity contribution is 5.83. The molecule has 0 bridgehead atoms. The Kier molecular flexibility index (Phi) is 5.34. The van der Waals surface area contributed by atoms with Crippen LogP contribution in [-0.2, 0) is 6.42 Å². The summed E-state index contributed by atoms with van der Waals surface area (Å²) in [7, 11) is 0. The number of H-pyrrole nitrogens is 1. The van der Waals surface area contributed by atoms with Crippen molar-refractivity contribution in [2.75, 3.05) is 6.54 Å². The van der Waals surface area contributed by atoms with Crippen molar-refractivity contribution in [1.29, 1.82) is 0 Å². The molecule has 0 saturated carbocycles. The third-order valence-electron chi connectivity index (χ3n) is 2.50. The van der Waals surface area contributed by atoms with Crippen molar-refractivity contribution in [3.63, 3.8) is 0 Å². The minimum atomic E-state index is 0.942. The number of fused-ring (bicyclic) bond motifs is 1. The maximum atomic E-state index is 3.82. The maximum absolute atomic E-state index is 3.82. The van der Waals surface area contributed by atoms with E-state index in [4.69, 9.17) is 0 Å². The average molecular weight is 230 g/mol. The summed E-state index contributed by atoms with van der Waals surface area (Å²) in [4.78, 5) is 3.28. The molecule has 0 saturated heterocycles. The number of aromatic nitrogens is 1. The summed E-state index contributed by atoms with van der Waals surface area (Å²) in [6, 6.07) is 8.38. The Morgan fingerprint density at radius 2 is 2.00 bits per heavy atom. The molecule has 2 aromatic rings. The van der Waals surface area contributed by atoms with E-state index in [9.17, 15) is 0 Å². The Morgan fingerprint density at radius 3 is 2.71 bits per heavy atom. The number of allylic oxidation sites excluding steroid dienone is 1. The monoisotopic (exact) mass is 230 g/mol. The van der Waals surface area contributed by atoms with Gasteiger partial charge in [0.1, 0.15) is 0 Å². The zero-order valence-corrected chi connectivity index (χ0v) is 11.0. The lowest BCUT2D eigenvalue weighted by Gasteiger charge is -2.03. The Hall–Kier alpha value is -1.70. The Balaban J connectivity index is 0.000000686. The number of aromatic amines is 1. The molecule has 92 valence electrons. The van der Waals surface area contributed by atoms with Crippen molar-refractivity contribution in [2.24, 2.45) is 0 Å². The molecule has 0 spiro atoms. The molecule has 2 nitrogen and oxygen atoms in total. The lowest BCUT2D eigenvalue weighted by molar-refractivity contribution is 0.794. The van der Waals surface area contributed by atoms with Gasteiger partial charge in [-0.15, -0.1) is 0 Å². The second-order valence-electron chi connectivity index (χ2n) is 3.82. The topological polar surface area (TPSA) is 27.8 Å². The average Bonchev–Trinajstić information content (AvgIpc) is 2.75. The summed E-state index contributed by atoms with van der Waals surface area (Å²) < 4.78 is 0. The number of nitrogens with one attached hydrogen (secondary N) is 2. The maximum Gasteiger partial charge on any atom is 0.0456 e. The predicted octanol–water partition coefficient (Wildman–Crippen LogP) is 3.86. The van der Waals surface area contributed by atoms with Gasteiger partial charge >= 0.3 is 0 Å². The summed E-state index contributed by atoms with van der Waals surface area (Å²) in [6.45, 7) is 10.7. The van der Waals surface area contributed by atoms with E-state index >= 15 is 0 Å². The lowest BCUT2D eigenvalue weighted by atomic mass is 10.1. The van der Waals surface area contributed by atoms with Crippen LogP contribution in [0.4, 0.5) is 0 Å². The van der Waals surface area contributed by atoms with Crippen molar-refractivity contribution >= 4 is 10.9 Å². The molecule has 0 radical (unpaired) electrons. The van der Waals surface area contributed by atoms with Gasteiger partial charge in [0.2, 0.25) is 0 Å². The summed E-state index contributed by atoms with van der Waals surface area (Å²) in [5.74, 6) is 0. The van der Waals surface area contributed by atoms with Crippen molar-refractivity contribution in [1.82, 2.24) is 10.3 Å². The van der Waals surface area contributed by atoms with Gasteiger partial charge in [-0.1, -0.05) is 38.6 Å². The smallest absolute Gasteiger partial charge is 0.0456 e. The first-order chi connectivity index (χ1) is 8.27. The van der Waals surface area contributed by atoms with Crippen LogP contribution in [-0.4, -0.2) is 11.5 Å². The van der Waals surface area contributed by atoms with Crippen molar-refractivity contribution in [3.8, 4) is 0 Å². The summed E-state index contributed by atoms with van der Waals surface area (Å²) in [5.41, 5.74) is 3.59. The first kappa shape index (κ1) is 13.4. The van der Waals surface area contributed by atoms with Gasteiger partial charge in [-0.3, -0.25) is 0 Å². The second kappa shape index (κ2) is 6.79. The molecule has 2 N–H and O–H groups in total. The Labute approximate surface area is 104 Å². The number of rotatable bonds is 4. The van der Waals surface area contributed by atoms with Gasteiger partial charge < -0.3 is 10.3 Å². The molecule has 2 rings (SSSR count). The largest absolute Gasteiger partial charge is 0.389 e. The summed E-state index contributed by atoms with van der Waals surface area (Å²) >= 11 is 0. The van der Waals surface area contributed by atoms with E-state index in [0.29, 0.717) is 0 Å². The van der Waals surface area contributed by atoms with E-state index in [-0.39, 0.29) is 0 Å². The van der Waals surface area contributed by atoms with Gasteiger partial charge in [0, 0.05) is 29.3 Å². The molecule has 2 heteroatoms. The van der Waals surface area contributed by atoms with Gasteiger partial charge in [0.15, 0.2) is 0 Å². The molecular weight excluding hydrogens is 208 g/mol. The van der Waals surface area contributed by atoms with E-state index in [0.717, 1.165) is 18.7 Å². The molecular formula is C15H22N2. The van der Waals surface area contributed by atoms with Crippen molar-refractivity contribution in [3.05, 3.63) is 48.3 Å². The van der Waals surface area contributed by atoms with Crippen LogP contribution in [0.25, 0.3) is 10.9 Å². The third-order valence-corrected chi connectivity index (χ3v) is 2.50. The van der Waals surface area contributed by atoms with Gasteiger partial charge in [0.05, 0.1) is 0 Å². The molecule has 0 fully saturated rings. The molecule has 0 atom stereocenters. The minimum absolute atomic E-state index is 0.942. The first-order valence-corrected chi connectivity index (χ1v) is 6.22. The number of benzene rings is 1. The summed E-state index contributed by atoms with van der Waals surface area (Å²) in [5, 5.41) is 4.56. The van der Waals surface area contributed by atoms with Crippen molar-refractivity contribution < 1.29 is 0 Å². The fourth-order valence-electron chi connectivity index (χ4n) is 1.75. The molecule has 0 aliphatic rings. The predicted molar refractivity (Wildman–Crippen MR) is 76.2 cm³/mol. The first-order valence-electron chi connectivity index (χ1n) is 6.22. The lowest BCUT2D eigenvalue weighted by Crippen LogP contribution is -2.13. The number of hydrogen-bond donors (Lipinski definition) is 2. The third kappa shape index (κ3) is 3.66. The Morgan fingerprint density at radius 1 is 1.29 bits per heavy atom. The van der Waals surface area contributed by atoms with Gasteiger partial charge in [-0.25, -0.2) is 0 Å².